The predicted octanol–water partition coefficient (Wildman–Crippen LogP) is 1.21. The van der Waals surface area contributed by atoms with Crippen molar-refractivity contribution in [3.05, 3.63) is 34.9 Å². The van der Waals surface area contributed by atoms with Crippen molar-refractivity contribution in [2.75, 3.05) is 26.2 Å². The number of piperazine rings is 1. The quantitative estimate of drug-likeness (QED) is 0.878. The van der Waals surface area contributed by atoms with E-state index in [1.54, 1.807) is 0 Å². The van der Waals surface area contributed by atoms with Gasteiger partial charge in [0.15, 0.2) is 0 Å². The van der Waals surface area contributed by atoms with Gasteiger partial charge in [0.2, 0.25) is 5.91 Å². The number of halogens is 3. The third kappa shape index (κ3) is 3.49. The van der Waals surface area contributed by atoms with E-state index in [0.29, 0.717) is 13.1 Å². The molecule has 1 heterocycles. The highest BCUT2D eigenvalue weighted by molar-refractivity contribution is 5.93. The van der Waals surface area contributed by atoms with E-state index >= 15 is 0 Å². The zero-order valence-corrected chi connectivity index (χ0v) is 10.8. The van der Waals surface area contributed by atoms with Crippen molar-refractivity contribution in [1.29, 1.82) is 0 Å². The largest absolute Gasteiger partial charge is 0.416 e. The summed E-state index contributed by atoms with van der Waals surface area (Å²) < 4.78 is 39.2. The van der Waals surface area contributed by atoms with Gasteiger partial charge in [0.05, 0.1) is 5.56 Å². The Hall–Kier alpha value is -1.60. The summed E-state index contributed by atoms with van der Waals surface area (Å²) in [5.74, 6) is -0.857. The monoisotopic (exact) mass is 287 g/mol. The molecule has 0 aromatic heterocycles. The number of primary amides is 1. The van der Waals surface area contributed by atoms with Gasteiger partial charge in [-0.3, -0.25) is 9.69 Å². The average Bonchev–Trinajstić information content (AvgIpc) is 2.39. The molecule has 4 nitrogen and oxygen atoms in total. The van der Waals surface area contributed by atoms with E-state index in [2.05, 4.69) is 5.32 Å². The lowest BCUT2D eigenvalue weighted by Gasteiger charge is -2.28. The first kappa shape index (κ1) is 14.8. The summed E-state index contributed by atoms with van der Waals surface area (Å²) in [5, 5.41) is 3.14. The molecule has 20 heavy (non-hydrogen) atoms. The molecule has 2 rings (SSSR count). The van der Waals surface area contributed by atoms with Crippen LogP contribution >= 0.6 is 0 Å². The molecule has 0 radical (unpaired) electrons. The van der Waals surface area contributed by atoms with Gasteiger partial charge in [0.25, 0.3) is 0 Å². The van der Waals surface area contributed by atoms with Crippen LogP contribution in [0.4, 0.5) is 13.2 Å². The highest BCUT2D eigenvalue weighted by Crippen LogP contribution is 2.33. The van der Waals surface area contributed by atoms with Gasteiger partial charge in [-0.05, 0) is 17.7 Å². The van der Waals surface area contributed by atoms with E-state index in [1.165, 1.54) is 12.1 Å². The Morgan fingerprint density at radius 3 is 2.50 bits per heavy atom. The molecule has 7 heteroatoms. The SMILES string of the molecule is NC(=O)c1ccc(CN2CCNCC2)c(C(F)(F)F)c1. The van der Waals surface area contributed by atoms with Gasteiger partial charge in [-0.2, -0.15) is 13.2 Å². The minimum atomic E-state index is -4.49. The highest BCUT2D eigenvalue weighted by atomic mass is 19.4. The molecule has 0 atom stereocenters. The summed E-state index contributed by atoms with van der Waals surface area (Å²) in [5.41, 5.74) is 4.30. The molecule has 0 saturated carbocycles. The fraction of sp³-hybridized carbons (Fsp3) is 0.462. The molecule has 1 aliphatic rings. The van der Waals surface area contributed by atoms with Crippen LogP contribution in [-0.4, -0.2) is 37.0 Å². The fourth-order valence-electron chi connectivity index (χ4n) is 2.24. The van der Waals surface area contributed by atoms with E-state index < -0.39 is 17.6 Å². The lowest BCUT2D eigenvalue weighted by atomic mass is 10.0. The van der Waals surface area contributed by atoms with Crippen molar-refractivity contribution in [2.24, 2.45) is 5.73 Å². The predicted molar refractivity (Wildman–Crippen MR) is 68.1 cm³/mol. The number of hydrogen-bond acceptors (Lipinski definition) is 3. The molecular weight excluding hydrogens is 271 g/mol. The maximum Gasteiger partial charge on any atom is 0.416 e. The maximum absolute atomic E-state index is 13.1. The van der Waals surface area contributed by atoms with Crippen LogP contribution < -0.4 is 11.1 Å². The van der Waals surface area contributed by atoms with E-state index in [1.807, 2.05) is 4.90 Å². The van der Waals surface area contributed by atoms with Crippen LogP contribution in [0.1, 0.15) is 21.5 Å². The van der Waals surface area contributed by atoms with Crippen LogP contribution in [0.3, 0.4) is 0 Å². The Morgan fingerprint density at radius 1 is 1.30 bits per heavy atom. The van der Waals surface area contributed by atoms with Crippen molar-refractivity contribution in [3.63, 3.8) is 0 Å². The number of rotatable bonds is 3. The molecule has 1 aromatic rings. The average molecular weight is 287 g/mol. The number of carbonyl (C=O) groups is 1. The van der Waals surface area contributed by atoms with Crippen molar-refractivity contribution in [2.45, 2.75) is 12.7 Å². The van der Waals surface area contributed by atoms with Gasteiger partial charge in [-0.1, -0.05) is 6.07 Å². The molecule has 0 bridgehead atoms. The minimum absolute atomic E-state index is 0.124. The van der Waals surface area contributed by atoms with Crippen molar-refractivity contribution in [1.82, 2.24) is 10.2 Å². The fourth-order valence-corrected chi connectivity index (χ4v) is 2.24. The zero-order chi connectivity index (χ0) is 14.8. The summed E-state index contributed by atoms with van der Waals surface area (Å²) in [6.07, 6.45) is -4.49. The number of nitrogens with zero attached hydrogens (tertiary/aromatic N) is 1. The third-order valence-electron chi connectivity index (χ3n) is 3.30. The van der Waals surface area contributed by atoms with Crippen molar-refractivity contribution >= 4 is 5.91 Å². The highest BCUT2D eigenvalue weighted by Gasteiger charge is 2.34. The summed E-state index contributed by atoms with van der Waals surface area (Å²) in [6, 6.07) is 3.51. The number of alkyl halides is 3. The molecule has 1 aliphatic heterocycles. The molecule has 0 unspecified atom stereocenters. The number of nitrogens with two attached hydrogens (primary N) is 1. The van der Waals surface area contributed by atoms with Gasteiger partial charge in [-0.15, -0.1) is 0 Å². The topological polar surface area (TPSA) is 58.4 Å². The van der Waals surface area contributed by atoms with Gasteiger partial charge < -0.3 is 11.1 Å². The van der Waals surface area contributed by atoms with E-state index in [9.17, 15) is 18.0 Å². The second kappa shape index (κ2) is 5.80. The molecule has 1 amide bonds. The molecule has 1 saturated heterocycles. The molecule has 0 spiro atoms. The Labute approximate surface area is 114 Å². The van der Waals surface area contributed by atoms with Gasteiger partial charge in [0.1, 0.15) is 0 Å². The first-order valence-electron chi connectivity index (χ1n) is 6.31. The van der Waals surface area contributed by atoms with Crippen LogP contribution in [0.2, 0.25) is 0 Å². The number of amides is 1. The second-order valence-corrected chi connectivity index (χ2v) is 4.76. The van der Waals surface area contributed by atoms with Crippen molar-refractivity contribution in [3.8, 4) is 0 Å². The van der Waals surface area contributed by atoms with Gasteiger partial charge >= 0.3 is 6.18 Å². The molecule has 1 aromatic carbocycles. The Kier molecular flexibility index (Phi) is 4.29. The standard InChI is InChI=1S/C13H16F3N3O/c14-13(15,16)11-7-9(12(17)20)1-2-10(11)8-19-5-3-18-4-6-19/h1-2,7,18H,3-6,8H2,(H2,17,20). The first-order valence-corrected chi connectivity index (χ1v) is 6.31. The second-order valence-electron chi connectivity index (χ2n) is 4.76. The molecular formula is C13H16F3N3O. The molecule has 0 aliphatic carbocycles. The van der Waals surface area contributed by atoms with Crippen LogP contribution in [0.15, 0.2) is 18.2 Å². The number of carbonyl (C=O) groups excluding carboxylic acids is 1. The first-order chi connectivity index (χ1) is 9.38. The Bertz CT molecular complexity index is 496. The minimum Gasteiger partial charge on any atom is -0.366 e. The molecule has 110 valence electrons. The van der Waals surface area contributed by atoms with Crippen LogP contribution in [0, 0.1) is 0 Å². The lowest BCUT2D eigenvalue weighted by Crippen LogP contribution is -2.43. The van der Waals surface area contributed by atoms with Crippen LogP contribution in [-0.2, 0) is 12.7 Å². The summed E-state index contributed by atoms with van der Waals surface area (Å²) in [4.78, 5) is 13.0. The third-order valence-corrected chi connectivity index (χ3v) is 3.30. The van der Waals surface area contributed by atoms with Crippen LogP contribution in [0.25, 0.3) is 0 Å². The molecule has 1 fully saturated rings. The number of hydrogen-bond donors (Lipinski definition) is 2. The Morgan fingerprint density at radius 2 is 1.95 bits per heavy atom. The normalized spacial score (nSPS) is 17.1. The van der Waals surface area contributed by atoms with Gasteiger partial charge in [-0.25, -0.2) is 0 Å². The van der Waals surface area contributed by atoms with Gasteiger partial charge in [0, 0.05) is 38.3 Å². The van der Waals surface area contributed by atoms with E-state index in [4.69, 9.17) is 5.73 Å². The lowest BCUT2D eigenvalue weighted by molar-refractivity contribution is -0.138. The zero-order valence-electron chi connectivity index (χ0n) is 10.8. The van der Waals surface area contributed by atoms with Crippen molar-refractivity contribution < 1.29 is 18.0 Å². The Balaban J connectivity index is 2.28. The van der Waals surface area contributed by atoms with E-state index in [0.717, 1.165) is 19.2 Å². The maximum atomic E-state index is 13.1. The smallest absolute Gasteiger partial charge is 0.366 e. The van der Waals surface area contributed by atoms with Crippen LogP contribution in [0.5, 0.6) is 0 Å². The number of nitrogens with one attached hydrogen (secondary N) is 1. The summed E-state index contributed by atoms with van der Waals surface area (Å²) >= 11 is 0. The van der Waals surface area contributed by atoms with E-state index in [-0.39, 0.29) is 17.7 Å². The summed E-state index contributed by atoms with van der Waals surface area (Å²) in [7, 11) is 0. The summed E-state index contributed by atoms with van der Waals surface area (Å²) in [6.45, 7) is 3.15. The molecule has 3 N–H and O–H groups in total. The number of benzene rings is 1.